The lowest BCUT2D eigenvalue weighted by molar-refractivity contribution is 0.475. The molecule has 0 aliphatic rings. The van der Waals surface area contributed by atoms with Crippen molar-refractivity contribution in [2.75, 3.05) is 0 Å². The molecule has 128 valence electrons. The zero-order valence-electron chi connectivity index (χ0n) is 13.8. The number of aromatic hydroxyl groups is 1. The van der Waals surface area contributed by atoms with Gasteiger partial charge in [-0.05, 0) is 42.3 Å². The Morgan fingerprint density at radius 3 is 2.88 bits per heavy atom. The lowest BCUT2D eigenvalue weighted by atomic mass is 10.2. The minimum absolute atomic E-state index is 0.156. The van der Waals surface area contributed by atoms with Crippen molar-refractivity contribution in [3.8, 4) is 5.75 Å². The van der Waals surface area contributed by atoms with E-state index in [1.807, 2.05) is 18.2 Å². The van der Waals surface area contributed by atoms with E-state index < -0.39 is 0 Å². The molecule has 0 spiro atoms. The Balaban J connectivity index is 2.13. The van der Waals surface area contributed by atoms with Crippen molar-refractivity contribution in [2.45, 2.75) is 26.2 Å². The molecule has 0 saturated carbocycles. The fraction of sp³-hybridized carbons (Fsp3) is 0.211. The summed E-state index contributed by atoms with van der Waals surface area (Å²) in [6.45, 7) is 2.09. The molecule has 6 heteroatoms. The molecule has 0 fully saturated rings. The maximum atomic E-state index is 12.9. The van der Waals surface area contributed by atoms with Crippen LogP contribution in [0.4, 0.5) is 0 Å². The number of phenolic OH excluding ortho intramolecular Hbond substituents is 1. The molecule has 1 aromatic heterocycles. The molecule has 0 radical (unpaired) electrons. The lowest BCUT2D eigenvalue weighted by Crippen LogP contribution is -2.22. The third-order valence-corrected chi connectivity index (χ3v) is 4.32. The zero-order valence-corrected chi connectivity index (χ0v) is 15.4. The predicted octanol–water partition coefficient (Wildman–Crippen LogP) is 4.09. The quantitative estimate of drug-likeness (QED) is 0.656. The molecule has 2 aromatic carbocycles. The van der Waals surface area contributed by atoms with E-state index in [1.54, 1.807) is 30.5 Å². The molecule has 0 aliphatic carbocycles. The van der Waals surface area contributed by atoms with Gasteiger partial charge in [0.1, 0.15) is 11.6 Å². The summed E-state index contributed by atoms with van der Waals surface area (Å²) in [7, 11) is 0. The molecule has 3 aromatic rings. The monoisotopic (exact) mass is 399 g/mol. The Labute approximate surface area is 153 Å². The van der Waals surface area contributed by atoms with Crippen molar-refractivity contribution in [3.63, 3.8) is 0 Å². The standard InChI is InChI=1S/C19H18BrN3O2/c1-2-3-7-18-22-17-9-8-14(20)11-16(17)19(25)23(18)21-12-13-5-4-6-15(24)10-13/h4-6,8-12,24H,2-3,7H2,1H3. The van der Waals surface area contributed by atoms with E-state index in [-0.39, 0.29) is 11.3 Å². The number of fused-ring (bicyclic) bond motifs is 1. The van der Waals surface area contributed by atoms with E-state index in [1.165, 1.54) is 4.68 Å². The average molecular weight is 400 g/mol. The van der Waals surface area contributed by atoms with Gasteiger partial charge in [0.15, 0.2) is 0 Å². The maximum Gasteiger partial charge on any atom is 0.282 e. The van der Waals surface area contributed by atoms with E-state index >= 15 is 0 Å². The highest BCUT2D eigenvalue weighted by Crippen LogP contribution is 2.17. The van der Waals surface area contributed by atoms with Crippen LogP contribution >= 0.6 is 15.9 Å². The molecule has 0 amide bonds. The van der Waals surface area contributed by atoms with Crippen LogP contribution < -0.4 is 5.56 Å². The van der Waals surface area contributed by atoms with Crippen LogP contribution in [-0.4, -0.2) is 21.0 Å². The van der Waals surface area contributed by atoms with E-state index in [2.05, 4.69) is 32.9 Å². The zero-order chi connectivity index (χ0) is 17.8. The summed E-state index contributed by atoms with van der Waals surface area (Å²) >= 11 is 3.39. The van der Waals surface area contributed by atoms with Crippen LogP contribution in [0, 0.1) is 0 Å². The Morgan fingerprint density at radius 2 is 2.12 bits per heavy atom. The number of hydrogen-bond acceptors (Lipinski definition) is 4. The Hall–Kier alpha value is -2.47. The minimum atomic E-state index is -0.200. The second kappa shape index (κ2) is 7.61. The summed E-state index contributed by atoms with van der Waals surface area (Å²) in [6.07, 6.45) is 4.16. The molecule has 0 atom stereocenters. The summed E-state index contributed by atoms with van der Waals surface area (Å²) in [6, 6.07) is 12.2. The fourth-order valence-electron chi connectivity index (χ4n) is 2.54. The van der Waals surface area contributed by atoms with Gasteiger partial charge in [-0.3, -0.25) is 4.79 Å². The Kier molecular flexibility index (Phi) is 5.28. The molecule has 0 aliphatic heterocycles. The first-order valence-corrected chi connectivity index (χ1v) is 8.92. The molecule has 5 nitrogen and oxygen atoms in total. The molecular weight excluding hydrogens is 382 g/mol. The number of halogens is 1. The van der Waals surface area contributed by atoms with E-state index in [0.29, 0.717) is 28.7 Å². The fourth-order valence-corrected chi connectivity index (χ4v) is 2.90. The minimum Gasteiger partial charge on any atom is -0.508 e. The van der Waals surface area contributed by atoms with Gasteiger partial charge in [-0.1, -0.05) is 41.4 Å². The number of hydrogen-bond donors (Lipinski definition) is 1. The second-order valence-electron chi connectivity index (χ2n) is 5.75. The number of nitrogens with zero attached hydrogens (tertiary/aromatic N) is 3. The van der Waals surface area contributed by atoms with E-state index in [0.717, 1.165) is 17.3 Å². The highest BCUT2D eigenvalue weighted by Gasteiger charge is 2.10. The summed E-state index contributed by atoms with van der Waals surface area (Å²) < 4.78 is 2.18. The van der Waals surface area contributed by atoms with Gasteiger partial charge < -0.3 is 5.11 Å². The van der Waals surface area contributed by atoms with Gasteiger partial charge >= 0.3 is 0 Å². The molecule has 0 saturated heterocycles. The summed E-state index contributed by atoms with van der Waals surface area (Å²) in [5, 5.41) is 14.4. The van der Waals surface area contributed by atoms with Gasteiger partial charge in [0.05, 0.1) is 17.1 Å². The number of phenols is 1. The SMILES string of the molecule is CCCCc1nc2ccc(Br)cc2c(=O)n1N=Cc1cccc(O)c1. The van der Waals surface area contributed by atoms with Crippen molar-refractivity contribution in [1.29, 1.82) is 0 Å². The highest BCUT2D eigenvalue weighted by molar-refractivity contribution is 9.10. The molecule has 25 heavy (non-hydrogen) atoms. The van der Waals surface area contributed by atoms with Gasteiger partial charge in [0.25, 0.3) is 5.56 Å². The third-order valence-electron chi connectivity index (χ3n) is 3.82. The first-order chi connectivity index (χ1) is 12.1. The number of rotatable bonds is 5. The van der Waals surface area contributed by atoms with Crippen LogP contribution in [0.25, 0.3) is 10.9 Å². The number of aromatic nitrogens is 2. The van der Waals surface area contributed by atoms with Crippen LogP contribution in [0.2, 0.25) is 0 Å². The maximum absolute atomic E-state index is 12.9. The summed E-state index contributed by atoms with van der Waals surface area (Å²) in [4.78, 5) is 17.5. The summed E-state index contributed by atoms with van der Waals surface area (Å²) in [5.74, 6) is 0.793. The number of aryl methyl sites for hydroxylation is 1. The largest absolute Gasteiger partial charge is 0.508 e. The van der Waals surface area contributed by atoms with Crippen LogP contribution in [0.1, 0.15) is 31.2 Å². The van der Waals surface area contributed by atoms with Crippen LogP contribution in [-0.2, 0) is 6.42 Å². The Bertz CT molecular complexity index is 996. The number of unbranched alkanes of at least 4 members (excludes halogenated alkanes) is 1. The van der Waals surface area contributed by atoms with Crippen LogP contribution in [0.3, 0.4) is 0 Å². The molecular formula is C19H18BrN3O2. The molecule has 0 unspecified atom stereocenters. The summed E-state index contributed by atoms with van der Waals surface area (Å²) in [5.41, 5.74) is 1.18. The first-order valence-electron chi connectivity index (χ1n) is 8.13. The third kappa shape index (κ3) is 3.96. The average Bonchev–Trinajstić information content (AvgIpc) is 2.60. The van der Waals surface area contributed by atoms with Gasteiger partial charge in [0, 0.05) is 10.9 Å². The Morgan fingerprint density at radius 1 is 1.28 bits per heavy atom. The van der Waals surface area contributed by atoms with Crippen molar-refractivity contribution in [2.24, 2.45) is 5.10 Å². The van der Waals surface area contributed by atoms with Crippen molar-refractivity contribution < 1.29 is 5.11 Å². The normalized spacial score (nSPS) is 11.4. The lowest BCUT2D eigenvalue weighted by Gasteiger charge is -2.09. The van der Waals surface area contributed by atoms with Gasteiger partial charge in [-0.25, -0.2) is 4.98 Å². The first kappa shape index (κ1) is 17.4. The van der Waals surface area contributed by atoms with Crippen LogP contribution in [0.5, 0.6) is 5.75 Å². The molecule has 1 N–H and O–H groups in total. The highest BCUT2D eigenvalue weighted by atomic mass is 79.9. The van der Waals surface area contributed by atoms with Gasteiger partial charge in [-0.15, -0.1) is 0 Å². The van der Waals surface area contributed by atoms with Gasteiger partial charge in [-0.2, -0.15) is 9.78 Å². The second-order valence-corrected chi connectivity index (χ2v) is 6.67. The predicted molar refractivity (Wildman–Crippen MR) is 103 cm³/mol. The van der Waals surface area contributed by atoms with Crippen molar-refractivity contribution >= 4 is 33.0 Å². The van der Waals surface area contributed by atoms with E-state index in [4.69, 9.17) is 0 Å². The number of benzene rings is 2. The van der Waals surface area contributed by atoms with Crippen LogP contribution in [0.15, 0.2) is 56.8 Å². The topological polar surface area (TPSA) is 67.5 Å². The molecule has 0 bridgehead atoms. The van der Waals surface area contributed by atoms with E-state index in [9.17, 15) is 9.90 Å². The van der Waals surface area contributed by atoms with Crippen molar-refractivity contribution in [1.82, 2.24) is 9.66 Å². The van der Waals surface area contributed by atoms with Gasteiger partial charge in [0.2, 0.25) is 0 Å². The molecule has 1 heterocycles. The smallest absolute Gasteiger partial charge is 0.282 e. The van der Waals surface area contributed by atoms with Crippen molar-refractivity contribution in [3.05, 3.63) is 68.7 Å². The molecule has 3 rings (SSSR count).